The molecule has 0 aliphatic carbocycles. The van der Waals surface area contributed by atoms with E-state index in [1.807, 2.05) is 19.9 Å². The fourth-order valence-corrected chi connectivity index (χ4v) is 7.29. The maximum Gasteiger partial charge on any atom is 0.412 e. The van der Waals surface area contributed by atoms with Gasteiger partial charge in [-0.2, -0.15) is 0 Å². The van der Waals surface area contributed by atoms with Gasteiger partial charge in [-0.3, -0.25) is 15.4 Å². The Balaban J connectivity index is 1.52. The number of rotatable bonds is 5. The Hall–Kier alpha value is -4.76. The van der Waals surface area contributed by atoms with E-state index in [4.69, 9.17) is 46.8 Å². The van der Waals surface area contributed by atoms with Crippen LogP contribution in [0.4, 0.5) is 21.0 Å². The third-order valence-electron chi connectivity index (χ3n) is 10.0. The van der Waals surface area contributed by atoms with Gasteiger partial charge in [0.2, 0.25) is 5.91 Å². The second-order valence-corrected chi connectivity index (χ2v) is 14.4. The van der Waals surface area contributed by atoms with Crippen molar-refractivity contribution in [3.8, 4) is 5.75 Å². The Morgan fingerprint density at radius 3 is 2.58 bits per heavy atom. The number of benzene rings is 2. The highest BCUT2D eigenvalue weighted by molar-refractivity contribution is 6.35. The number of alkyl carbamates (subject to hydrolysis) is 1. The fourth-order valence-electron chi connectivity index (χ4n) is 6.98. The summed E-state index contributed by atoms with van der Waals surface area (Å²) in [4.78, 5) is 41.8. The van der Waals surface area contributed by atoms with Crippen LogP contribution in [0, 0.1) is 12.8 Å². The number of hydrogen-bond donors (Lipinski definition) is 5. The van der Waals surface area contributed by atoms with Crippen LogP contribution in [0.5, 0.6) is 5.75 Å². The standard InChI is InChI=1S/C38H48ClN5O9/c1-20-9-8-10-29(50-7)38(48)19-28(51-36(47)43-38)22(3)34-37(4,53-34)30(52-35(46)42-25-12-11-24(17-31(40)41)21(2)14-25)18-32(45)44(5)26-15-23(13-20)16-27(49-6)33(26)39/h8-12,14-17,22,28-30,34,48H,13,18-19,40-41H2,1-7H3,(H,42,46)(H,43,47)/b10-8+,20-9+/t22-,28+,29-,30+,34+,37+,38+/m1/s1. The molecule has 0 saturated carbocycles. The van der Waals surface area contributed by atoms with Gasteiger partial charge >= 0.3 is 12.2 Å². The molecule has 4 bridgehead atoms. The molecule has 7 N–H and O–H groups in total. The zero-order valence-corrected chi connectivity index (χ0v) is 31.7. The topological polar surface area (TPSA) is 200 Å². The Morgan fingerprint density at radius 1 is 1.19 bits per heavy atom. The number of carbonyl (C=O) groups is 3. The first-order valence-electron chi connectivity index (χ1n) is 17.2. The van der Waals surface area contributed by atoms with Crippen LogP contribution in [0.2, 0.25) is 5.02 Å². The summed E-state index contributed by atoms with van der Waals surface area (Å²) in [5.41, 5.74) is 12.4. The van der Waals surface area contributed by atoms with Crippen molar-refractivity contribution >= 4 is 47.1 Å². The van der Waals surface area contributed by atoms with Crippen LogP contribution in [0.15, 0.2) is 60.0 Å². The second kappa shape index (κ2) is 15.7. The van der Waals surface area contributed by atoms with E-state index in [0.29, 0.717) is 23.5 Å². The van der Waals surface area contributed by atoms with Gasteiger partial charge in [0, 0.05) is 32.2 Å². The van der Waals surface area contributed by atoms with Crippen LogP contribution in [-0.4, -0.2) is 80.2 Å². The lowest BCUT2D eigenvalue weighted by atomic mass is 9.83. The number of fused-ring (bicyclic) bond motifs is 5. The maximum atomic E-state index is 14.1. The zero-order valence-electron chi connectivity index (χ0n) is 30.9. The smallest absolute Gasteiger partial charge is 0.412 e. The second-order valence-electron chi connectivity index (χ2n) is 14.0. The molecule has 3 aliphatic heterocycles. The van der Waals surface area contributed by atoms with Gasteiger partial charge in [-0.1, -0.05) is 48.4 Å². The molecule has 2 saturated heterocycles. The molecule has 5 rings (SSSR count). The molecule has 0 unspecified atom stereocenters. The number of nitrogens with two attached hydrogens (primary N) is 2. The minimum Gasteiger partial charge on any atom is -0.495 e. The molecule has 286 valence electrons. The van der Waals surface area contributed by atoms with Crippen LogP contribution >= 0.6 is 11.6 Å². The van der Waals surface area contributed by atoms with E-state index in [1.54, 1.807) is 69.5 Å². The highest BCUT2D eigenvalue weighted by atomic mass is 35.5. The molecule has 2 aromatic rings. The lowest BCUT2D eigenvalue weighted by molar-refractivity contribution is -0.142. The van der Waals surface area contributed by atoms with E-state index in [1.165, 1.54) is 19.1 Å². The molecular weight excluding hydrogens is 706 g/mol. The molecule has 53 heavy (non-hydrogen) atoms. The summed E-state index contributed by atoms with van der Waals surface area (Å²) >= 11 is 6.76. The molecule has 2 fully saturated rings. The Labute approximate surface area is 314 Å². The van der Waals surface area contributed by atoms with Gasteiger partial charge in [-0.05, 0) is 74.2 Å². The van der Waals surface area contributed by atoms with E-state index in [9.17, 15) is 19.5 Å². The van der Waals surface area contributed by atoms with Crippen molar-refractivity contribution in [3.05, 3.63) is 81.7 Å². The molecule has 0 aromatic heterocycles. The van der Waals surface area contributed by atoms with Crippen molar-refractivity contribution in [1.29, 1.82) is 0 Å². The number of nitrogens with one attached hydrogen (secondary N) is 2. The zero-order chi connectivity index (χ0) is 38.8. The largest absolute Gasteiger partial charge is 0.495 e. The maximum absolute atomic E-state index is 14.1. The first kappa shape index (κ1) is 39.4. The Bertz CT molecular complexity index is 1850. The quantitative estimate of drug-likeness (QED) is 0.260. The van der Waals surface area contributed by atoms with Gasteiger partial charge in [-0.15, -0.1) is 0 Å². The number of allylic oxidation sites excluding steroid dienone is 3. The number of aliphatic hydroxyl groups is 1. The number of carbonyl (C=O) groups excluding carboxylic acids is 3. The first-order chi connectivity index (χ1) is 25.0. The molecular formula is C38H48ClN5O9. The summed E-state index contributed by atoms with van der Waals surface area (Å²) in [5.74, 6) is -0.415. The number of epoxide rings is 1. The monoisotopic (exact) mass is 753 g/mol. The van der Waals surface area contributed by atoms with Crippen molar-refractivity contribution < 1.29 is 43.2 Å². The van der Waals surface area contributed by atoms with Gasteiger partial charge in [0.05, 0.1) is 31.1 Å². The van der Waals surface area contributed by atoms with Gasteiger partial charge < -0.3 is 45.2 Å². The fraction of sp³-hybridized carbons (Fsp3) is 0.447. The van der Waals surface area contributed by atoms with Crippen molar-refractivity contribution in [2.75, 3.05) is 31.5 Å². The van der Waals surface area contributed by atoms with Crippen LogP contribution < -0.4 is 31.7 Å². The number of anilines is 2. The lowest BCUT2D eigenvalue weighted by Gasteiger charge is -2.42. The van der Waals surface area contributed by atoms with E-state index in [-0.39, 0.29) is 23.7 Å². The highest BCUT2D eigenvalue weighted by Crippen LogP contribution is 2.49. The van der Waals surface area contributed by atoms with Crippen molar-refractivity contribution in [2.45, 2.75) is 82.7 Å². The third kappa shape index (κ3) is 8.73. The van der Waals surface area contributed by atoms with Crippen molar-refractivity contribution in [2.24, 2.45) is 17.4 Å². The SMILES string of the molecule is COc1cc2cc(c1Cl)N(C)C(=O)C[C@H](OC(=O)Nc1ccc(C=C(N)N)c(C)c1)[C@]1(C)O[C@H]1[C@H](C)[C@@H]1C[C@@](O)(NC(=O)O1)[C@H](OC)/C=C/C=C(\C)C2. The summed E-state index contributed by atoms with van der Waals surface area (Å²) < 4.78 is 29.1. The normalized spacial score (nSPS) is 30.4. The molecule has 2 aromatic carbocycles. The van der Waals surface area contributed by atoms with E-state index in [0.717, 1.165) is 22.3 Å². The van der Waals surface area contributed by atoms with E-state index >= 15 is 0 Å². The highest BCUT2D eigenvalue weighted by Gasteiger charge is 2.64. The van der Waals surface area contributed by atoms with Crippen LogP contribution in [0.25, 0.3) is 6.08 Å². The summed E-state index contributed by atoms with van der Waals surface area (Å²) in [7, 11) is 4.51. The summed E-state index contributed by atoms with van der Waals surface area (Å²) in [6.45, 7) is 7.30. The molecule has 7 atom stereocenters. The number of aryl methyl sites for hydroxylation is 1. The van der Waals surface area contributed by atoms with Crippen LogP contribution in [0.1, 0.15) is 50.3 Å². The number of halogens is 1. The van der Waals surface area contributed by atoms with Crippen molar-refractivity contribution in [1.82, 2.24) is 5.32 Å². The van der Waals surface area contributed by atoms with Gasteiger partial charge in [-0.25, -0.2) is 9.59 Å². The molecule has 3 amide bonds. The lowest BCUT2D eigenvalue weighted by Crippen LogP contribution is -2.63. The molecule has 3 aliphatic rings. The predicted octanol–water partition coefficient (Wildman–Crippen LogP) is 4.90. The Morgan fingerprint density at radius 2 is 1.92 bits per heavy atom. The summed E-state index contributed by atoms with van der Waals surface area (Å²) in [6, 6.07) is 8.75. The number of amides is 3. The minimum atomic E-state index is -1.82. The number of nitrogens with zero attached hydrogens (tertiary/aromatic N) is 1. The number of methoxy groups -OCH3 is 2. The number of hydrogen-bond acceptors (Lipinski definition) is 11. The predicted molar refractivity (Wildman–Crippen MR) is 200 cm³/mol. The molecule has 3 heterocycles. The summed E-state index contributed by atoms with van der Waals surface area (Å²) in [6.07, 6.45) is 1.82. The number of ether oxygens (including phenoxy) is 5. The summed E-state index contributed by atoms with van der Waals surface area (Å²) in [5, 5.41) is 17.2. The molecule has 0 spiro atoms. The van der Waals surface area contributed by atoms with Crippen LogP contribution in [-0.2, 0) is 30.2 Å². The average molecular weight is 754 g/mol. The van der Waals surface area contributed by atoms with Gasteiger partial charge in [0.25, 0.3) is 0 Å². The third-order valence-corrected chi connectivity index (χ3v) is 10.4. The average Bonchev–Trinajstić information content (AvgIpc) is 3.78. The van der Waals surface area contributed by atoms with E-state index < -0.39 is 59.8 Å². The van der Waals surface area contributed by atoms with Gasteiger partial charge in [0.15, 0.2) is 5.72 Å². The van der Waals surface area contributed by atoms with Crippen molar-refractivity contribution in [3.63, 3.8) is 0 Å². The van der Waals surface area contributed by atoms with E-state index in [2.05, 4.69) is 10.6 Å². The molecule has 0 radical (unpaired) electrons. The Kier molecular flexibility index (Phi) is 11.7. The minimum absolute atomic E-state index is 0.0421. The van der Waals surface area contributed by atoms with Gasteiger partial charge in [0.1, 0.15) is 34.7 Å². The first-order valence-corrected chi connectivity index (χ1v) is 17.6. The molecule has 15 heteroatoms. The molecule has 14 nitrogen and oxygen atoms in total. The van der Waals surface area contributed by atoms with Crippen LogP contribution in [0.3, 0.4) is 0 Å².